The van der Waals surface area contributed by atoms with E-state index in [9.17, 15) is 9.59 Å². The standard InChI is InChI=1S/C14H14N4O2/c15-14(16)18-13(20)12-8-4-2-6-10(19)7-3-1-5-9(17-12)11(7)8/h1,3,5,17H,2,4,6H2,(H4,15,16,18,20). The number of aromatic amines is 1. The van der Waals surface area contributed by atoms with Gasteiger partial charge < -0.3 is 16.5 Å². The van der Waals surface area contributed by atoms with Gasteiger partial charge in [-0.05, 0) is 24.5 Å². The van der Waals surface area contributed by atoms with Gasteiger partial charge in [0, 0.05) is 22.9 Å². The highest BCUT2D eigenvalue weighted by atomic mass is 16.1. The summed E-state index contributed by atoms with van der Waals surface area (Å²) in [5.41, 5.74) is 13.1. The number of ketones is 1. The van der Waals surface area contributed by atoms with Crippen LogP contribution in [0.2, 0.25) is 0 Å². The minimum absolute atomic E-state index is 0.106. The van der Waals surface area contributed by atoms with Crippen LogP contribution in [-0.2, 0) is 6.42 Å². The van der Waals surface area contributed by atoms with Crippen molar-refractivity contribution in [3.8, 4) is 0 Å². The van der Waals surface area contributed by atoms with Crippen LogP contribution >= 0.6 is 0 Å². The molecule has 20 heavy (non-hydrogen) atoms. The molecule has 1 aromatic carbocycles. The third-order valence-electron chi connectivity index (χ3n) is 3.50. The second-order valence-electron chi connectivity index (χ2n) is 4.83. The van der Waals surface area contributed by atoms with Crippen LogP contribution in [0.4, 0.5) is 0 Å². The normalized spacial score (nSPS) is 14.1. The first-order valence-electron chi connectivity index (χ1n) is 6.38. The van der Waals surface area contributed by atoms with Gasteiger partial charge in [0.2, 0.25) is 0 Å². The number of hydrogen-bond donors (Lipinski definition) is 3. The van der Waals surface area contributed by atoms with Crippen molar-refractivity contribution in [3.05, 3.63) is 35.0 Å². The molecule has 0 aliphatic heterocycles. The van der Waals surface area contributed by atoms with Gasteiger partial charge in [-0.3, -0.25) is 9.59 Å². The Balaban J connectivity index is 2.28. The van der Waals surface area contributed by atoms with Crippen LogP contribution in [0.25, 0.3) is 10.9 Å². The summed E-state index contributed by atoms with van der Waals surface area (Å²) < 4.78 is 0. The van der Waals surface area contributed by atoms with Crippen molar-refractivity contribution < 1.29 is 9.59 Å². The Hall–Kier alpha value is -2.63. The SMILES string of the molecule is NC(N)=NC(=O)c1[nH]c2cccc3c2c1CCCC3=O. The molecule has 0 bridgehead atoms. The second kappa shape index (κ2) is 4.48. The number of nitrogens with two attached hydrogens (primary N) is 2. The monoisotopic (exact) mass is 270 g/mol. The lowest BCUT2D eigenvalue weighted by Gasteiger charge is -1.99. The summed E-state index contributed by atoms with van der Waals surface area (Å²) in [5.74, 6) is -0.670. The first kappa shape index (κ1) is 12.4. The first-order valence-corrected chi connectivity index (χ1v) is 6.38. The number of nitrogens with zero attached hydrogens (tertiary/aromatic N) is 1. The zero-order valence-corrected chi connectivity index (χ0v) is 10.8. The van der Waals surface area contributed by atoms with E-state index in [1.165, 1.54) is 0 Å². The van der Waals surface area contributed by atoms with Gasteiger partial charge in [0.1, 0.15) is 5.69 Å². The minimum atomic E-state index is -0.503. The van der Waals surface area contributed by atoms with E-state index in [4.69, 9.17) is 11.5 Å². The van der Waals surface area contributed by atoms with Crippen molar-refractivity contribution in [2.75, 3.05) is 0 Å². The van der Waals surface area contributed by atoms with E-state index in [0.29, 0.717) is 30.5 Å². The Morgan fingerprint density at radius 1 is 1.25 bits per heavy atom. The molecule has 6 heteroatoms. The molecule has 6 nitrogen and oxygen atoms in total. The highest BCUT2D eigenvalue weighted by molar-refractivity contribution is 6.13. The summed E-state index contributed by atoms with van der Waals surface area (Å²) in [5, 5.41) is 0.823. The maximum atomic E-state index is 12.1. The van der Waals surface area contributed by atoms with Crippen LogP contribution in [-0.4, -0.2) is 22.6 Å². The molecule has 0 spiro atoms. The van der Waals surface area contributed by atoms with Gasteiger partial charge in [0.15, 0.2) is 11.7 Å². The third kappa shape index (κ3) is 1.85. The van der Waals surface area contributed by atoms with Crippen molar-refractivity contribution in [2.45, 2.75) is 19.3 Å². The molecular formula is C14H14N4O2. The van der Waals surface area contributed by atoms with E-state index in [1.807, 2.05) is 6.07 Å². The summed E-state index contributed by atoms with van der Waals surface area (Å²) in [6.07, 6.45) is 1.86. The number of guanidine groups is 1. The molecule has 2 aromatic rings. The van der Waals surface area contributed by atoms with Gasteiger partial charge in [0.25, 0.3) is 5.91 Å². The molecule has 0 fully saturated rings. The predicted molar refractivity (Wildman–Crippen MR) is 75.7 cm³/mol. The fourth-order valence-electron chi connectivity index (χ4n) is 2.72. The molecule has 3 rings (SSSR count). The lowest BCUT2D eigenvalue weighted by molar-refractivity contribution is 0.0981. The molecule has 5 N–H and O–H groups in total. The quantitative estimate of drug-likeness (QED) is 0.531. The smallest absolute Gasteiger partial charge is 0.296 e. The fourth-order valence-corrected chi connectivity index (χ4v) is 2.72. The topological polar surface area (TPSA) is 114 Å². The number of hydrogen-bond acceptors (Lipinski definition) is 2. The second-order valence-corrected chi connectivity index (χ2v) is 4.83. The molecular weight excluding hydrogens is 256 g/mol. The van der Waals surface area contributed by atoms with E-state index in [2.05, 4.69) is 9.98 Å². The Bertz CT molecular complexity index is 754. The van der Waals surface area contributed by atoms with Gasteiger partial charge >= 0.3 is 0 Å². The molecule has 1 heterocycles. The maximum Gasteiger partial charge on any atom is 0.296 e. The van der Waals surface area contributed by atoms with E-state index < -0.39 is 5.91 Å². The van der Waals surface area contributed by atoms with E-state index in [0.717, 1.165) is 16.5 Å². The summed E-state index contributed by atoms with van der Waals surface area (Å²) in [7, 11) is 0. The van der Waals surface area contributed by atoms with Crippen LogP contribution in [0.15, 0.2) is 23.2 Å². The summed E-state index contributed by atoms with van der Waals surface area (Å²) in [6, 6.07) is 5.44. The summed E-state index contributed by atoms with van der Waals surface area (Å²) >= 11 is 0. The average Bonchev–Trinajstić information content (AvgIpc) is 2.67. The molecule has 1 aliphatic carbocycles. The Morgan fingerprint density at radius 3 is 2.80 bits per heavy atom. The van der Waals surface area contributed by atoms with Crippen molar-refractivity contribution >= 4 is 28.6 Å². The van der Waals surface area contributed by atoms with Crippen molar-refractivity contribution in [3.63, 3.8) is 0 Å². The van der Waals surface area contributed by atoms with Crippen LogP contribution in [0, 0.1) is 0 Å². The first-order chi connectivity index (χ1) is 9.58. The Kier molecular flexibility index (Phi) is 2.78. The Morgan fingerprint density at radius 2 is 2.05 bits per heavy atom. The fraction of sp³-hybridized carbons (Fsp3) is 0.214. The maximum absolute atomic E-state index is 12.1. The van der Waals surface area contributed by atoms with Gasteiger partial charge in [-0.15, -0.1) is 0 Å². The molecule has 1 aliphatic rings. The molecule has 0 radical (unpaired) electrons. The van der Waals surface area contributed by atoms with Gasteiger partial charge in [0.05, 0.1) is 0 Å². The van der Waals surface area contributed by atoms with Crippen LogP contribution in [0.3, 0.4) is 0 Å². The van der Waals surface area contributed by atoms with Crippen LogP contribution in [0.5, 0.6) is 0 Å². The van der Waals surface area contributed by atoms with Crippen LogP contribution < -0.4 is 11.5 Å². The third-order valence-corrected chi connectivity index (χ3v) is 3.50. The molecule has 0 atom stereocenters. The number of amides is 1. The number of H-pyrrole nitrogens is 1. The lowest BCUT2D eigenvalue weighted by Crippen LogP contribution is -2.24. The van der Waals surface area contributed by atoms with Crippen molar-refractivity contribution in [1.29, 1.82) is 0 Å². The largest absolute Gasteiger partial charge is 0.370 e. The zero-order valence-electron chi connectivity index (χ0n) is 10.8. The molecule has 102 valence electrons. The minimum Gasteiger partial charge on any atom is -0.370 e. The van der Waals surface area contributed by atoms with Crippen molar-refractivity contribution in [1.82, 2.24) is 4.98 Å². The predicted octanol–water partition coefficient (Wildman–Crippen LogP) is 1.10. The number of rotatable bonds is 1. The molecule has 1 aromatic heterocycles. The number of aliphatic imine (C=N–C) groups is 1. The summed E-state index contributed by atoms with van der Waals surface area (Å²) in [6.45, 7) is 0. The lowest BCUT2D eigenvalue weighted by atomic mass is 10.0. The number of carbonyl (C=O) groups is 2. The highest BCUT2D eigenvalue weighted by Crippen LogP contribution is 2.31. The van der Waals surface area contributed by atoms with Crippen LogP contribution in [0.1, 0.15) is 39.3 Å². The number of aromatic nitrogens is 1. The average molecular weight is 270 g/mol. The number of aryl methyl sites for hydroxylation is 1. The molecule has 1 amide bonds. The molecule has 0 unspecified atom stereocenters. The highest BCUT2D eigenvalue weighted by Gasteiger charge is 2.24. The van der Waals surface area contributed by atoms with Gasteiger partial charge in [-0.2, -0.15) is 4.99 Å². The molecule has 0 saturated carbocycles. The van der Waals surface area contributed by atoms with E-state index in [-0.39, 0.29) is 11.7 Å². The number of carbonyl (C=O) groups excluding carboxylic acids is 2. The number of nitrogens with one attached hydrogen (secondary N) is 1. The van der Waals surface area contributed by atoms with E-state index in [1.54, 1.807) is 12.1 Å². The molecule has 0 saturated heterocycles. The Labute approximate surface area is 114 Å². The zero-order chi connectivity index (χ0) is 14.3. The number of benzene rings is 1. The van der Waals surface area contributed by atoms with Crippen molar-refractivity contribution in [2.24, 2.45) is 16.5 Å². The van der Waals surface area contributed by atoms with Gasteiger partial charge in [-0.25, -0.2) is 0 Å². The summed E-state index contributed by atoms with van der Waals surface area (Å²) in [4.78, 5) is 30.8. The number of Topliss-reactive ketones (excluding diaryl/α,β-unsaturated/α-hetero) is 1. The van der Waals surface area contributed by atoms with E-state index >= 15 is 0 Å². The van der Waals surface area contributed by atoms with Gasteiger partial charge in [-0.1, -0.05) is 12.1 Å².